The summed E-state index contributed by atoms with van der Waals surface area (Å²) in [6, 6.07) is -1.57. The van der Waals surface area contributed by atoms with Crippen LogP contribution in [0, 0.1) is 0 Å². The van der Waals surface area contributed by atoms with Crippen LogP contribution in [0.4, 0.5) is 0 Å². The van der Waals surface area contributed by atoms with E-state index in [0.29, 0.717) is 22.0 Å². The minimum Gasteiger partial charge on any atom is -0.508 e. The van der Waals surface area contributed by atoms with Crippen molar-refractivity contribution in [3.63, 3.8) is 0 Å². The summed E-state index contributed by atoms with van der Waals surface area (Å²) in [5.41, 5.74) is 13.0. The fourth-order valence-corrected chi connectivity index (χ4v) is 10.5. The first-order valence-corrected chi connectivity index (χ1v) is 31.2. The zero-order valence-corrected chi connectivity index (χ0v) is 53.8. The number of phenols is 2. The van der Waals surface area contributed by atoms with Gasteiger partial charge >= 0.3 is 23.9 Å². The number of nitrogens with zero attached hydrogens (tertiary/aromatic N) is 1. The standard InChI is InChI=1S/C62H79N13O22S/c1-29(52(86)69-42(25-47(63)79)57(91)68-39(18-20-49(82)83)54(88)73-44(24-33-27-65-37-7-4-3-6-36(33)37)61(95)75-21-5-8-46(75)59(93)74-45(28-98)62(96)97)66-55(89)40(22-31-9-13-34(77)14-10-31)70-58(92)43(26-50(84)85)71-53(87)38(17-19-48(80)81)67-56(90)41(72-60(94)51(64)30(2)76)23-32-11-15-35(78)16-12-32/h3-4,6-7,9-16,27,29-30,38-46,51,65,76-78,98H,5,8,17-26,28,64H2,1-2H3,(H2,63,79)(H,66,89)(H,67,90)(H,68,91)(H,69,86)(H,70,92)(H,71,87)(H,72,94)(H,73,88)(H,74,93)(H,80,81)(H,82,83)(H,84,85)(H,96,97)/t29-,30+,38-,39-,40-,41-,42-,43-,44-,45-,46-,51-/m0/s1. The third-order valence-corrected chi connectivity index (χ3v) is 15.9. The molecule has 36 heteroatoms. The molecule has 1 aromatic heterocycles. The lowest BCUT2D eigenvalue weighted by Crippen LogP contribution is -2.61. The van der Waals surface area contributed by atoms with Crippen LogP contribution in [-0.2, 0) is 91.2 Å². The van der Waals surface area contributed by atoms with Crippen LogP contribution in [-0.4, -0.2) is 219 Å². The Morgan fingerprint density at radius 1 is 0.541 bits per heavy atom. The maximum Gasteiger partial charge on any atom is 0.327 e. The fourth-order valence-electron chi connectivity index (χ4n) is 10.2. The molecule has 1 fully saturated rings. The molecule has 35 nitrogen and oxygen atoms in total. The molecule has 5 rings (SSSR count). The number of nitrogens with two attached hydrogens (primary N) is 2. The number of benzene rings is 3. The minimum atomic E-state index is -2.13. The van der Waals surface area contributed by atoms with Gasteiger partial charge in [-0.3, -0.25) is 67.1 Å². The van der Waals surface area contributed by atoms with E-state index in [0.717, 1.165) is 11.8 Å². The monoisotopic (exact) mass is 1390 g/mol. The Morgan fingerprint density at radius 2 is 0.990 bits per heavy atom. The predicted molar refractivity (Wildman–Crippen MR) is 344 cm³/mol. The lowest BCUT2D eigenvalue weighted by atomic mass is 10.0. The Labute approximate surface area is 563 Å². The third-order valence-electron chi connectivity index (χ3n) is 15.6. The highest BCUT2D eigenvalue weighted by atomic mass is 32.1. The molecule has 0 aliphatic carbocycles. The number of aliphatic hydroxyl groups excluding tert-OH is 1. The first-order valence-electron chi connectivity index (χ1n) is 30.6. The van der Waals surface area contributed by atoms with Gasteiger partial charge in [0.2, 0.25) is 65.0 Å². The molecule has 12 atom stereocenters. The van der Waals surface area contributed by atoms with E-state index in [1.165, 1.54) is 55.5 Å². The number of hydrogen-bond donors (Lipinski definition) is 20. The number of carbonyl (C=O) groups excluding carboxylic acids is 11. The van der Waals surface area contributed by atoms with E-state index in [1.54, 1.807) is 30.5 Å². The van der Waals surface area contributed by atoms with E-state index in [2.05, 4.69) is 65.5 Å². The smallest absolute Gasteiger partial charge is 0.327 e. The maximum absolute atomic E-state index is 14.6. The van der Waals surface area contributed by atoms with Gasteiger partial charge in [-0.15, -0.1) is 0 Å². The summed E-state index contributed by atoms with van der Waals surface area (Å²) < 4.78 is 0. The molecule has 0 spiro atoms. The molecule has 0 bridgehead atoms. The van der Waals surface area contributed by atoms with E-state index in [-0.39, 0.29) is 55.0 Å². The Hall–Kier alpha value is -10.9. The van der Waals surface area contributed by atoms with Crippen molar-refractivity contribution in [1.29, 1.82) is 0 Å². The molecular weight excluding hydrogens is 1310 g/mol. The number of nitrogens with one attached hydrogen (secondary N) is 10. The van der Waals surface area contributed by atoms with Gasteiger partial charge in [-0.2, -0.15) is 12.6 Å². The minimum absolute atomic E-state index is 0.0191. The Kier molecular flexibility index (Phi) is 29.3. The fraction of sp³-hybridized carbons (Fsp3) is 0.435. The number of thiol groups is 1. The van der Waals surface area contributed by atoms with Crippen molar-refractivity contribution in [3.8, 4) is 11.5 Å². The number of fused-ring (bicyclic) bond motifs is 1. The number of aliphatic hydroxyl groups is 1. The number of carboxylic acids is 4. The molecule has 98 heavy (non-hydrogen) atoms. The van der Waals surface area contributed by atoms with Gasteiger partial charge in [0.1, 0.15) is 78.0 Å². The summed E-state index contributed by atoms with van der Waals surface area (Å²) in [6.45, 7) is 2.24. The second-order valence-electron chi connectivity index (χ2n) is 23.1. The molecule has 0 radical (unpaired) electrons. The molecule has 530 valence electrons. The van der Waals surface area contributed by atoms with Crippen LogP contribution in [0.5, 0.6) is 11.5 Å². The van der Waals surface area contributed by atoms with Crippen molar-refractivity contribution >= 4 is 112 Å². The van der Waals surface area contributed by atoms with Gasteiger partial charge in [-0.05, 0) is 86.6 Å². The van der Waals surface area contributed by atoms with Gasteiger partial charge in [0, 0.05) is 61.5 Å². The third kappa shape index (κ3) is 23.8. The molecule has 0 saturated carbocycles. The normalized spacial score (nSPS) is 16.0. The van der Waals surface area contributed by atoms with E-state index in [4.69, 9.17) is 11.5 Å². The van der Waals surface area contributed by atoms with Gasteiger partial charge in [-0.25, -0.2) is 4.79 Å². The SMILES string of the molecule is C[C@H](NC(=O)[C@H](Cc1ccc(O)cc1)NC(=O)[C@H](CC(=O)O)NC(=O)[C@H](CCC(=O)O)NC(=O)[C@H](Cc1ccc(O)cc1)NC(=O)[C@@H](N)[C@@H](C)O)C(=O)N[C@@H](CC(N)=O)C(=O)N[C@@H](CCC(=O)O)C(=O)N[C@@H](Cc1c[nH]c2ccccc12)C(=O)N1CCC[C@H]1C(=O)N[C@@H](CS)C(=O)O. The number of aromatic hydroxyl groups is 2. The van der Waals surface area contributed by atoms with Crippen molar-refractivity contribution in [3.05, 3.63) is 95.7 Å². The molecule has 21 N–H and O–H groups in total. The Bertz CT molecular complexity index is 3590. The summed E-state index contributed by atoms with van der Waals surface area (Å²) in [5.74, 6) is -19.4. The first kappa shape index (κ1) is 77.8. The highest BCUT2D eigenvalue weighted by molar-refractivity contribution is 7.80. The van der Waals surface area contributed by atoms with Crippen LogP contribution >= 0.6 is 12.6 Å². The number of hydrogen-bond acceptors (Lipinski definition) is 20. The average molecular weight is 1390 g/mol. The summed E-state index contributed by atoms with van der Waals surface area (Å²) in [5, 5.41) is 90.0. The van der Waals surface area contributed by atoms with Gasteiger partial charge < -0.3 is 105 Å². The Morgan fingerprint density at radius 3 is 1.48 bits per heavy atom. The zero-order valence-electron chi connectivity index (χ0n) is 52.9. The highest BCUT2D eigenvalue weighted by Gasteiger charge is 2.41. The topological polar surface area (TPSA) is 577 Å². The van der Waals surface area contributed by atoms with Crippen LogP contribution in [0.3, 0.4) is 0 Å². The number of primary amides is 1. The number of amides is 11. The van der Waals surface area contributed by atoms with Crippen LogP contribution < -0.4 is 59.3 Å². The maximum atomic E-state index is 14.6. The summed E-state index contributed by atoms with van der Waals surface area (Å²) in [6.07, 6.45) is -5.74. The molecule has 2 heterocycles. The average Bonchev–Trinajstić information content (AvgIpc) is 1.63. The quantitative estimate of drug-likeness (QED) is 0.0189. The Balaban J connectivity index is 1.37. The first-order chi connectivity index (χ1) is 46.2. The van der Waals surface area contributed by atoms with Crippen LogP contribution in [0.1, 0.15) is 81.9 Å². The lowest BCUT2D eigenvalue weighted by molar-refractivity contribution is -0.144. The van der Waals surface area contributed by atoms with Crippen LogP contribution in [0.15, 0.2) is 79.0 Å². The second-order valence-corrected chi connectivity index (χ2v) is 23.5. The zero-order chi connectivity index (χ0) is 72.7. The summed E-state index contributed by atoms with van der Waals surface area (Å²) in [7, 11) is 0. The van der Waals surface area contributed by atoms with Gasteiger partial charge in [-0.1, -0.05) is 42.5 Å². The van der Waals surface area contributed by atoms with E-state index in [9.17, 15) is 108 Å². The molecule has 1 aliphatic heterocycles. The molecule has 1 aliphatic rings. The lowest BCUT2D eigenvalue weighted by Gasteiger charge is -2.30. The number of likely N-dealkylation sites (tertiary alicyclic amines) is 1. The van der Waals surface area contributed by atoms with E-state index in [1.807, 2.05) is 0 Å². The molecule has 1 saturated heterocycles. The van der Waals surface area contributed by atoms with Crippen molar-refractivity contribution in [2.24, 2.45) is 11.5 Å². The van der Waals surface area contributed by atoms with E-state index < -0.39 is 206 Å². The van der Waals surface area contributed by atoms with Gasteiger partial charge in [0.15, 0.2) is 0 Å². The summed E-state index contributed by atoms with van der Waals surface area (Å²) >= 11 is 3.99. The molecule has 11 amide bonds. The number of para-hydroxylation sites is 1. The number of aromatic nitrogens is 1. The van der Waals surface area contributed by atoms with Crippen molar-refractivity contribution in [2.45, 2.75) is 157 Å². The van der Waals surface area contributed by atoms with Crippen LogP contribution in [0.2, 0.25) is 0 Å². The van der Waals surface area contributed by atoms with Gasteiger partial charge in [0.05, 0.1) is 18.9 Å². The number of H-pyrrole nitrogens is 1. The second kappa shape index (κ2) is 36.9. The number of rotatable bonds is 38. The van der Waals surface area contributed by atoms with Crippen molar-refractivity contribution in [2.75, 3.05) is 12.3 Å². The molecule has 4 aromatic rings. The number of carbonyl (C=O) groups is 15. The van der Waals surface area contributed by atoms with Crippen molar-refractivity contribution < 1.29 is 108 Å². The number of carboxylic acid groups (broad SMARTS) is 4. The van der Waals surface area contributed by atoms with E-state index >= 15 is 0 Å². The molecule has 0 unspecified atom stereocenters. The van der Waals surface area contributed by atoms with Crippen LogP contribution in [0.25, 0.3) is 10.9 Å². The number of phenolic OH excluding ortho intramolecular Hbond substituents is 2. The number of aromatic amines is 1. The number of aliphatic carboxylic acids is 4. The van der Waals surface area contributed by atoms with Crippen molar-refractivity contribution in [1.82, 2.24) is 57.7 Å². The summed E-state index contributed by atoms with van der Waals surface area (Å²) in [4.78, 5) is 205. The predicted octanol–water partition coefficient (Wildman–Crippen LogP) is -4.22. The highest BCUT2D eigenvalue weighted by Crippen LogP contribution is 2.24. The van der Waals surface area contributed by atoms with Gasteiger partial charge in [0.25, 0.3) is 0 Å². The largest absolute Gasteiger partial charge is 0.508 e. The molecule has 3 aromatic carbocycles. The molecular formula is C62H79N13O22S.